The molecule has 1 N–H and O–H groups in total. The molecule has 6 nitrogen and oxygen atoms in total. The number of benzene rings is 2. The van der Waals surface area contributed by atoms with Crippen LogP contribution in [0.4, 0.5) is 4.39 Å². The third kappa shape index (κ3) is 4.49. The fourth-order valence-electron chi connectivity index (χ4n) is 3.37. The summed E-state index contributed by atoms with van der Waals surface area (Å²) in [6, 6.07) is 11.7. The quantitative estimate of drug-likeness (QED) is 0.421. The molecule has 8 heteroatoms. The van der Waals surface area contributed by atoms with E-state index < -0.39 is 5.82 Å². The first-order valence-corrected chi connectivity index (χ1v) is 11.0. The van der Waals surface area contributed by atoms with Gasteiger partial charge in [-0.15, -0.1) is 10.2 Å². The summed E-state index contributed by atoms with van der Waals surface area (Å²) in [4.78, 5) is 15.5. The molecule has 160 valence electrons. The first-order chi connectivity index (χ1) is 15.0. The number of rotatable bonds is 7. The number of aromatic nitrogens is 4. The molecular formula is C23H23FN4O2S. The molecule has 2 aromatic heterocycles. The van der Waals surface area contributed by atoms with Gasteiger partial charge >= 0.3 is 0 Å². The summed E-state index contributed by atoms with van der Waals surface area (Å²) in [6.45, 7) is 7.15. The van der Waals surface area contributed by atoms with Gasteiger partial charge in [-0.3, -0.25) is 4.79 Å². The molecule has 0 bridgehead atoms. The van der Waals surface area contributed by atoms with Gasteiger partial charge in [0.15, 0.2) is 16.4 Å². The van der Waals surface area contributed by atoms with Gasteiger partial charge in [-0.2, -0.15) is 0 Å². The molecule has 0 atom stereocenters. The number of pyridine rings is 1. The topological polar surface area (TPSA) is 72.8 Å². The Morgan fingerprint density at radius 3 is 2.81 bits per heavy atom. The Balaban J connectivity index is 1.49. The number of fused-ring (bicyclic) bond motifs is 1. The first-order valence-electron chi connectivity index (χ1n) is 10.0. The van der Waals surface area contributed by atoms with Crippen LogP contribution in [0.25, 0.3) is 10.9 Å². The molecule has 2 heterocycles. The maximum absolute atomic E-state index is 13.4. The van der Waals surface area contributed by atoms with Crippen LogP contribution in [0, 0.1) is 19.7 Å². The van der Waals surface area contributed by atoms with Crippen molar-refractivity contribution in [1.29, 1.82) is 0 Å². The van der Waals surface area contributed by atoms with Crippen LogP contribution < -0.4 is 10.2 Å². The van der Waals surface area contributed by atoms with E-state index in [2.05, 4.69) is 28.2 Å². The monoisotopic (exact) mass is 438 g/mol. The summed E-state index contributed by atoms with van der Waals surface area (Å²) in [5, 5.41) is 9.70. The first kappa shape index (κ1) is 21.1. The molecule has 4 rings (SSSR count). The molecule has 2 aromatic carbocycles. The molecule has 0 saturated carbocycles. The maximum atomic E-state index is 13.4. The SMILES string of the molecule is CCn1c(COc2cccc(C)c2C)nnc1SCc1cc(=O)c2cc(F)ccc2[nH]1. The van der Waals surface area contributed by atoms with Crippen LogP contribution in [0.2, 0.25) is 0 Å². The van der Waals surface area contributed by atoms with Gasteiger partial charge in [0.25, 0.3) is 0 Å². The highest BCUT2D eigenvalue weighted by Gasteiger charge is 2.14. The molecule has 0 spiro atoms. The van der Waals surface area contributed by atoms with Gasteiger partial charge in [-0.25, -0.2) is 4.39 Å². The van der Waals surface area contributed by atoms with Crippen LogP contribution in [0.5, 0.6) is 5.75 Å². The van der Waals surface area contributed by atoms with Crippen molar-refractivity contribution in [3.05, 3.63) is 81.2 Å². The Bertz CT molecular complexity index is 1300. The number of hydrogen-bond donors (Lipinski definition) is 1. The Morgan fingerprint density at radius 1 is 1.16 bits per heavy atom. The van der Waals surface area contributed by atoms with Crippen molar-refractivity contribution in [2.45, 2.75) is 44.8 Å². The van der Waals surface area contributed by atoms with Crippen molar-refractivity contribution in [3.8, 4) is 5.75 Å². The highest BCUT2D eigenvalue weighted by atomic mass is 32.2. The number of thioether (sulfide) groups is 1. The Hall–Kier alpha value is -3.13. The Labute approximate surface area is 183 Å². The van der Waals surface area contributed by atoms with Gasteiger partial charge in [-0.05, 0) is 56.2 Å². The van der Waals surface area contributed by atoms with Crippen molar-refractivity contribution in [3.63, 3.8) is 0 Å². The summed E-state index contributed by atoms with van der Waals surface area (Å²) >= 11 is 1.48. The van der Waals surface area contributed by atoms with E-state index in [-0.39, 0.29) is 5.43 Å². The van der Waals surface area contributed by atoms with E-state index in [0.717, 1.165) is 28.0 Å². The summed E-state index contributed by atoms with van der Waals surface area (Å²) < 4.78 is 21.4. The van der Waals surface area contributed by atoms with Crippen LogP contribution in [0.1, 0.15) is 29.6 Å². The highest BCUT2D eigenvalue weighted by molar-refractivity contribution is 7.98. The zero-order valence-corrected chi connectivity index (χ0v) is 18.4. The maximum Gasteiger partial charge on any atom is 0.191 e. The smallest absolute Gasteiger partial charge is 0.191 e. The van der Waals surface area contributed by atoms with Gasteiger partial charge < -0.3 is 14.3 Å². The second-order valence-electron chi connectivity index (χ2n) is 7.27. The minimum absolute atomic E-state index is 0.205. The molecule has 0 aliphatic carbocycles. The lowest BCUT2D eigenvalue weighted by Gasteiger charge is -2.11. The summed E-state index contributed by atoms with van der Waals surface area (Å²) in [7, 11) is 0. The van der Waals surface area contributed by atoms with Crippen LogP contribution in [0.15, 0.2) is 52.4 Å². The van der Waals surface area contributed by atoms with Gasteiger partial charge in [0.1, 0.15) is 18.2 Å². The van der Waals surface area contributed by atoms with Crippen molar-refractivity contribution in [2.75, 3.05) is 0 Å². The largest absolute Gasteiger partial charge is 0.485 e. The van der Waals surface area contributed by atoms with Gasteiger partial charge in [0.05, 0.1) is 0 Å². The second kappa shape index (κ2) is 8.93. The van der Waals surface area contributed by atoms with Crippen LogP contribution >= 0.6 is 11.8 Å². The number of nitrogens with zero attached hydrogens (tertiary/aromatic N) is 3. The minimum atomic E-state index is -0.424. The van der Waals surface area contributed by atoms with Gasteiger partial charge in [-0.1, -0.05) is 23.9 Å². The lowest BCUT2D eigenvalue weighted by molar-refractivity contribution is 0.286. The molecule has 0 radical (unpaired) electrons. The zero-order chi connectivity index (χ0) is 22.0. The van der Waals surface area contributed by atoms with E-state index in [1.54, 1.807) is 6.07 Å². The van der Waals surface area contributed by atoms with Crippen LogP contribution in [-0.2, 0) is 18.9 Å². The number of H-pyrrole nitrogens is 1. The summed E-state index contributed by atoms with van der Waals surface area (Å²) in [5.41, 5.74) is 3.44. The molecule has 0 aliphatic heterocycles. The molecular weight excluding hydrogens is 415 g/mol. The van der Waals surface area contributed by atoms with E-state index in [0.29, 0.717) is 29.8 Å². The predicted molar refractivity (Wildman–Crippen MR) is 120 cm³/mol. The van der Waals surface area contributed by atoms with E-state index in [1.165, 1.54) is 35.5 Å². The van der Waals surface area contributed by atoms with E-state index >= 15 is 0 Å². The van der Waals surface area contributed by atoms with E-state index in [9.17, 15) is 9.18 Å². The standard InChI is InChI=1S/C23H23FN4O2S/c1-4-28-22(12-30-21-7-5-6-14(2)15(21)3)26-27-23(28)31-13-17-11-20(29)18-10-16(24)8-9-19(18)25-17/h5-11H,4,12-13H2,1-3H3,(H,25,29). The van der Waals surface area contributed by atoms with Crippen molar-refractivity contribution in [2.24, 2.45) is 0 Å². The van der Waals surface area contributed by atoms with E-state index in [1.807, 2.05) is 30.5 Å². The zero-order valence-electron chi connectivity index (χ0n) is 17.6. The molecule has 0 unspecified atom stereocenters. The third-order valence-electron chi connectivity index (χ3n) is 5.23. The third-order valence-corrected chi connectivity index (χ3v) is 6.24. The molecule has 0 amide bonds. The lowest BCUT2D eigenvalue weighted by atomic mass is 10.1. The summed E-state index contributed by atoms with van der Waals surface area (Å²) in [6.07, 6.45) is 0. The number of hydrogen-bond acceptors (Lipinski definition) is 5. The lowest BCUT2D eigenvalue weighted by Crippen LogP contribution is -2.08. The average molecular weight is 439 g/mol. The van der Waals surface area contributed by atoms with Crippen LogP contribution in [0.3, 0.4) is 0 Å². The molecule has 0 aliphatic rings. The number of aryl methyl sites for hydroxylation is 1. The number of halogens is 1. The number of nitrogens with one attached hydrogen (secondary N) is 1. The summed E-state index contributed by atoms with van der Waals surface area (Å²) in [5.74, 6) is 1.67. The molecule has 4 aromatic rings. The molecule has 0 saturated heterocycles. The average Bonchev–Trinajstić information content (AvgIpc) is 3.15. The molecule has 31 heavy (non-hydrogen) atoms. The second-order valence-corrected chi connectivity index (χ2v) is 8.21. The fraction of sp³-hybridized carbons (Fsp3) is 0.261. The predicted octanol–water partition coefficient (Wildman–Crippen LogP) is 4.77. The van der Waals surface area contributed by atoms with E-state index in [4.69, 9.17) is 4.74 Å². The van der Waals surface area contributed by atoms with Crippen molar-refractivity contribution >= 4 is 22.7 Å². The molecule has 0 fully saturated rings. The van der Waals surface area contributed by atoms with Crippen LogP contribution in [-0.4, -0.2) is 19.7 Å². The van der Waals surface area contributed by atoms with Crippen molar-refractivity contribution in [1.82, 2.24) is 19.7 Å². The minimum Gasteiger partial charge on any atom is -0.485 e. The van der Waals surface area contributed by atoms with Gasteiger partial charge in [0, 0.05) is 35.0 Å². The highest BCUT2D eigenvalue weighted by Crippen LogP contribution is 2.24. The van der Waals surface area contributed by atoms with Crippen molar-refractivity contribution < 1.29 is 9.13 Å². The number of aromatic amines is 1. The normalized spacial score (nSPS) is 11.2. The fourth-order valence-corrected chi connectivity index (χ4v) is 4.30. The van der Waals surface area contributed by atoms with Gasteiger partial charge in [0.2, 0.25) is 0 Å². The Morgan fingerprint density at radius 2 is 2.00 bits per heavy atom. The Kier molecular flexibility index (Phi) is 6.08. The number of ether oxygens (including phenoxy) is 1.